The molecule has 3 heteroatoms. The van der Waals surface area contributed by atoms with Gasteiger partial charge in [0.2, 0.25) is 0 Å². The second-order valence-electron chi connectivity index (χ2n) is 4.21. The van der Waals surface area contributed by atoms with Gasteiger partial charge in [0.05, 0.1) is 5.69 Å². The second kappa shape index (κ2) is 3.64. The van der Waals surface area contributed by atoms with Crippen molar-refractivity contribution in [3.8, 4) is 0 Å². The summed E-state index contributed by atoms with van der Waals surface area (Å²) in [5.74, 6) is 1.80. The molecule has 2 heterocycles. The molecule has 1 aromatic heterocycles. The molecular formula is C11H19N3. The van der Waals surface area contributed by atoms with Gasteiger partial charge < -0.3 is 5.32 Å². The van der Waals surface area contributed by atoms with Gasteiger partial charge in [-0.1, -0.05) is 13.8 Å². The van der Waals surface area contributed by atoms with Crippen molar-refractivity contribution in [2.24, 2.45) is 0 Å². The van der Waals surface area contributed by atoms with E-state index in [0.717, 1.165) is 13.1 Å². The minimum absolute atomic E-state index is 0.538. The number of nitrogens with one attached hydrogen (secondary N) is 1. The molecule has 0 radical (unpaired) electrons. The van der Waals surface area contributed by atoms with E-state index in [2.05, 4.69) is 35.9 Å². The Bertz CT molecular complexity index is 326. The lowest BCUT2D eigenvalue weighted by atomic mass is 10.00. The van der Waals surface area contributed by atoms with Crippen LogP contribution >= 0.6 is 0 Å². The van der Waals surface area contributed by atoms with E-state index in [9.17, 15) is 0 Å². The van der Waals surface area contributed by atoms with Gasteiger partial charge in [-0.15, -0.1) is 0 Å². The van der Waals surface area contributed by atoms with Crippen molar-refractivity contribution in [3.05, 3.63) is 11.3 Å². The lowest BCUT2D eigenvalue weighted by Gasteiger charge is -2.16. The maximum atomic E-state index is 4.66. The van der Waals surface area contributed by atoms with Crippen LogP contribution in [-0.4, -0.2) is 16.3 Å². The SMILES string of the molecule is CCn1nc(C(C)C)c2c1NCCC2. The summed E-state index contributed by atoms with van der Waals surface area (Å²) in [6.07, 6.45) is 2.43. The largest absolute Gasteiger partial charge is 0.370 e. The molecule has 0 saturated carbocycles. The van der Waals surface area contributed by atoms with Gasteiger partial charge in [-0.2, -0.15) is 5.10 Å². The van der Waals surface area contributed by atoms with Crippen LogP contribution in [0, 0.1) is 0 Å². The Morgan fingerprint density at radius 1 is 1.50 bits per heavy atom. The summed E-state index contributed by atoms with van der Waals surface area (Å²) in [6.45, 7) is 8.64. The molecule has 2 rings (SSSR count). The highest BCUT2D eigenvalue weighted by Gasteiger charge is 2.21. The topological polar surface area (TPSA) is 29.9 Å². The minimum Gasteiger partial charge on any atom is -0.370 e. The van der Waals surface area contributed by atoms with Crippen molar-refractivity contribution in [1.29, 1.82) is 0 Å². The molecule has 0 atom stereocenters. The van der Waals surface area contributed by atoms with Crippen molar-refractivity contribution in [3.63, 3.8) is 0 Å². The maximum absolute atomic E-state index is 4.66. The minimum atomic E-state index is 0.538. The van der Waals surface area contributed by atoms with Crippen LogP contribution < -0.4 is 5.32 Å². The number of aromatic nitrogens is 2. The van der Waals surface area contributed by atoms with E-state index < -0.39 is 0 Å². The standard InChI is InChI=1S/C11H19N3/c1-4-14-11-9(6-5-7-12-11)10(13-14)8(2)3/h8,12H,4-7H2,1-3H3. The van der Waals surface area contributed by atoms with Crippen LogP contribution in [0.15, 0.2) is 0 Å². The molecule has 1 N–H and O–H groups in total. The van der Waals surface area contributed by atoms with Crippen LogP contribution in [0.5, 0.6) is 0 Å². The predicted molar refractivity (Wildman–Crippen MR) is 58.8 cm³/mol. The molecule has 0 bridgehead atoms. The normalized spacial score (nSPS) is 15.4. The lowest BCUT2D eigenvalue weighted by molar-refractivity contribution is 0.639. The van der Waals surface area contributed by atoms with E-state index in [1.807, 2.05) is 0 Å². The van der Waals surface area contributed by atoms with Crippen LogP contribution in [0.1, 0.15) is 44.4 Å². The number of aryl methyl sites for hydroxylation is 1. The van der Waals surface area contributed by atoms with Crippen molar-refractivity contribution < 1.29 is 0 Å². The Hall–Kier alpha value is -0.990. The Morgan fingerprint density at radius 2 is 2.29 bits per heavy atom. The van der Waals surface area contributed by atoms with Gasteiger partial charge in [0, 0.05) is 18.7 Å². The zero-order valence-electron chi connectivity index (χ0n) is 9.30. The first kappa shape index (κ1) is 9.56. The highest BCUT2D eigenvalue weighted by atomic mass is 15.3. The summed E-state index contributed by atoms with van der Waals surface area (Å²) in [4.78, 5) is 0. The molecule has 14 heavy (non-hydrogen) atoms. The summed E-state index contributed by atoms with van der Waals surface area (Å²) in [6, 6.07) is 0. The third kappa shape index (κ3) is 1.41. The number of fused-ring (bicyclic) bond motifs is 1. The summed E-state index contributed by atoms with van der Waals surface area (Å²) >= 11 is 0. The third-order valence-electron chi connectivity index (χ3n) is 2.82. The smallest absolute Gasteiger partial charge is 0.127 e. The Balaban J connectivity index is 2.46. The van der Waals surface area contributed by atoms with Gasteiger partial charge in [-0.25, -0.2) is 4.68 Å². The second-order valence-corrected chi connectivity index (χ2v) is 4.21. The van der Waals surface area contributed by atoms with Crippen LogP contribution in [0.3, 0.4) is 0 Å². The van der Waals surface area contributed by atoms with Gasteiger partial charge in [-0.3, -0.25) is 0 Å². The predicted octanol–water partition coefficient (Wildman–Crippen LogP) is 2.38. The number of nitrogens with zero attached hydrogens (tertiary/aromatic N) is 2. The molecular weight excluding hydrogens is 174 g/mol. The molecule has 0 spiro atoms. The van der Waals surface area contributed by atoms with E-state index in [4.69, 9.17) is 0 Å². The molecule has 78 valence electrons. The molecule has 0 aromatic carbocycles. The van der Waals surface area contributed by atoms with Crippen LogP contribution in [0.4, 0.5) is 5.82 Å². The molecule has 1 aliphatic rings. The fourth-order valence-corrected chi connectivity index (χ4v) is 2.13. The highest BCUT2D eigenvalue weighted by molar-refractivity contribution is 5.50. The quantitative estimate of drug-likeness (QED) is 0.781. The van der Waals surface area contributed by atoms with Crippen LogP contribution in [-0.2, 0) is 13.0 Å². The zero-order valence-corrected chi connectivity index (χ0v) is 9.30. The van der Waals surface area contributed by atoms with Crippen molar-refractivity contribution in [2.75, 3.05) is 11.9 Å². The molecule has 1 aliphatic heterocycles. The fourth-order valence-electron chi connectivity index (χ4n) is 2.13. The number of anilines is 1. The lowest BCUT2D eigenvalue weighted by Crippen LogP contribution is -2.14. The van der Waals surface area contributed by atoms with E-state index in [1.54, 1.807) is 0 Å². The number of hydrogen-bond donors (Lipinski definition) is 1. The summed E-state index contributed by atoms with van der Waals surface area (Å²) in [5, 5.41) is 8.12. The fraction of sp³-hybridized carbons (Fsp3) is 0.727. The van der Waals surface area contributed by atoms with Crippen molar-refractivity contribution >= 4 is 5.82 Å². The van der Waals surface area contributed by atoms with Crippen molar-refractivity contribution in [2.45, 2.75) is 46.1 Å². The van der Waals surface area contributed by atoms with Gasteiger partial charge in [0.25, 0.3) is 0 Å². The van der Waals surface area contributed by atoms with Crippen LogP contribution in [0.25, 0.3) is 0 Å². The van der Waals surface area contributed by atoms with E-state index in [-0.39, 0.29) is 0 Å². The summed E-state index contributed by atoms with van der Waals surface area (Å²) in [7, 11) is 0. The van der Waals surface area contributed by atoms with E-state index >= 15 is 0 Å². The monoisotopic (exact) mass is 193 g/mol. The molecule has 0 fully saturated rings. The number of hydrogen-bond acceptors (Lipinski definition) is 2. The van der Waals surface area contributed by atoms with Crippen molar-refractivity contribution in [1.82, 2.24) is 9.78 Å². The first-order valence-corrected chi connectivity index (χ1v) is 5.57. The van der Waals surface area contributed by atoms with Gasteiger partial charge in [0.15, 0.2) is 0 Å². The number of rotatable bonds is 2. The molecule has 1 aromatic rings. The molecule has 0 unspecified atom stereocenters. The van der Waals surface area contributed by atoms with E-state index in [0.29, 0.717) is 5.92 Å². The van der Waals surface area contributed by atoms with Crippen LogP contribution in [0.2, 0.25) is 0 Å². The first-order chi connectivity index (χ1) is 6.74. The maximum Gasteiger partial charge on any atom is 0.127 e. The molecule has 0 saturated heterocycles. The zero-order chi connectivity index (χ0) is 10.1. The molecule has 3 nitrogen and oxygen atoms in total. The average Bonchev–Trinajstić information content (AvgIpc) is 2.56. The molecule has 0 aliphatic carbocycles. The first-order valence-electron chi connectivity index (χ1n) is 5.57. The van der Waals surface area contributed by atoms with Gasteiger partial charge in [-0.05, 0) is 25.7 Å². The summed E-state index contributed by atoms with van der Waals surface area (Å²) in [5.41, 5.74) is 2.74. The average molecular weight is 193 g/mol. The summed E-state index contributed by atoms with van der Waals surface area (Å²) < 4.78 is 2.10. The van der Waals surface area contributed by atoms with Gasteiger partial charge in [0.1, 0.15) is 5.82 Å². The molecule has 0 amide bonds. The Morgan fingerprint density at radius 3 is 2.93 bits per heavy atom. The Kier molecular flexibility index (Phi) is 2.48. The van der Waals surface area contributed by atoms with E-state index in [1.165, 1.54) is 29.9 Å². The highest BCUT2D eigenvalue weighted by Crippen LogP contribution is 2.29. The van der Waals surface area contributed by atoms with Gasteiger partial charge >= 0.3 is 0 Å². The Labute approximate surface area is 85.5 Å². The third-order valence-corrected chi connectivity index (χ3v) is 2.82.